The Morgan fingerprint density at radius 1 is 0.952 bits per heavy atom. The largest absolute Gasteiger partial charge is 0.371 e. The van der Waals surface area contributed by atoms with Crippen LogP contribution in [0, 0.1) is 5.92 Å². The molecular formula is C18H29N3. The van der Waals surface area contributed by atoms with Gasteiger partial charge in [-0.05, 0) is 70.4 Å². The molecule has 0 spiro atoms. The first-order valence-corrected chi connectivity index (χ1v) is 8.53. The number of anilines is 1. The second kappa shape index (κ2) is 7.28. The second-order valence-corrected chi connectivity index (χ2v) is 6.75. The highest BCUT2D eigenvalue weighted by Gasteiger charge is 2.21. The van der Waals surface area contributed by atoms with Gasteiger partial charge >= 0.3 is 0 Å². The molecule has 0 atom stereocenters. The lowest BCUT2D eigenvalue weighted by Crippen LogP contribution is -2.45. The summed E-state index contributed by atoms with van der Waals surface area (Å²) in [6.45, 7) is 6.16. The Hall–Kier alpha value is -1.06. The molecule has 1 N–H and O–H groups in total. The summed E-state index contributed by atoms with van der Waals surface area (Å²) < 4.78 is 0. The van der Waals surface area contributed by atoms with Crippen molar-refractivity contribution < 1.29 is 0 Å². The van der Waals surface area contributed by atoms with Crippen LogP contribution >= 0.6 is 0 Å². The van der Waals surface area contributed by atoms with Gasteiger partial charge in [-0.1, -0.05) is 18.2 Å². The highest BCUT2D eigenvalue weighted by Crippen LogP contribution is 2.20. The first kappa shape index (κ1) is 14.9. The van der Waals surface area contributed by atoms with Crippen molar-refractivity contribution in [3.63, 3.8) is 0 Å². The number of nitrogens with zero attached hydrogens (tertiary/aromatic N) is 2. The molecule has 0 radical (unpaired) electrons. The smallest absolute Gasteiger partial charge is 0.0366 e. The van der Waals surface area contributed by atoms with Gasteiger partial charge in [0.15, 0.2) is 0 Å². The van der Waals surface area contributed by atoms with Gasteiger partial charge in [0.1, 0.15) is 0 Å². The maximum atomic E-state index is 3.83. The van der Waals surface area contributed by atoms with Gasteiger partial charge in [0, 0.05) is 24.8 Å². The van der Waals surface area contributed by atoms with E-state index in [9.17, 15) is 0 Å². The molecule has 2 fully saturated rings. The van der Waals surface area contributed by atoms with E-state index in [1.165, 1.54) is 64.1 Å². The summed E-state index contributed by atoms with van der Waals surface area (Å²) in [6.07, 6.45) is 5.29. The third-order valence-electron chi connectivity index (χ3n) is 5.15. The Morgan fingerprint density at radius 3 is 2.29 bits per heavy atom. The van der Waals surface area contributed by atoms with Gasteiger partial charge in [0.2, 0.25) is 0 Å². The van der Waals surface area contributed by atoms with E-state index in [0.717, 1.165) is 12.0 Å². The Bertz CT molecular complexity index is 404. The molecule has 3 nitrogen and oxygen atoms in total. The van der Waals surface area contributed by atoms with E-state index in [-0.39, 0.29) is 0 Å². The average molecular weight is 287 g/mol. The van der Waals surface area contributed by atoms with Crippen LogP contribution in [0.2, 0.25) is 0 Å². The van der Waals surface area contributed by atoms with Gasteiger partial charge in [-0.3, -0.25) is 0 Å². The first-order chi connectivity index (χ1) is 10.3. The van der Waals surface area contributed by atoms with Crippen LogP contribution in [0.5, 0.6) is 0 Å². The summed E-state index contributed by atoms with van der Waals surface area (Å²) in [5.74, 6) is 0.897. The Labute approximate surface area is 129 Å². The predicted molar refractivity (Wildman–Crippen MR) is 89.9 cm³/mol. The normalized spacial score (nSPS) is 22.6. The van der Waals surface area contributed by atoms with Crippen molar-refractivity contribution in [3.05, 3.63) is 30.3 Å². The first-order valence-electron chi connectivity index (χ1n) is 8.53. The van der Waals surface area contributed by atoms with E-state index in [0.29, 0.717) is 0 Å². The number of hydrogen-bond donors (Lipinski definition) is 1. The van der Waals surface area contributed by atoms with Crippen molar-refractivity contribution >= 4 is 5.69 Å². The molecule has 0 unspecified atom stereocenters. The molecule has 0 aliphatic carbocycles. The van der Waals surface area contributed by atoms with E-state index >= 15 is 0 Å². The molecule has 0 amide bonds. The number of hydrogen-bond acceptors (Lipinski definition) is 3. The number of piperidine rings is 2. The van der Waals surface area contributed by atoms with Gasteiger partial charge in [0.25, 0.3) is 0 Å². The minimum absolute atomic E-state index is 0.726. The highest BCUT2D eigenvalue weighted by atomic mass is 15.1. The summed E-state index contributed by atoms with van der Waals surface area (Å²) in [5.41, 5.74) is 1.38. The summed E-state index contributed by atoms with van der Waals surface area (Å²) >= 11 is 0. The molecule has 2 heterocycles. The lowest BCUT2D eigenvalue weighted by atomic mass is 9.96. The van der Waals surface area contributed by atoms with E-state index in [4.69, 9.17) is 0 Å². The maximum absolute atomic E-state index is 3.83. The Morgan fingerprint density at radius 2 is 1.62 bits per heavy atom. The molecule has 1 aromatic carbocycles. The van der Waals surface area contributed by atoms with Crippen LogP contribution in [0.1, 0.15) is 25.7 Å². The van der Waals surface area contributed by atoms with Gasteiger partial charge in [-0.2, -0.15) is 0 Å². The second-order valence-electron chi connectivity index (χ2n) is 6.75. The third kappa shape index (κ3) is 4.21. The zero-order chi connectivity index (χ0) is 14.5. The van der Waals surface area contributed by atoms with Crippen LogP contribution in [0.4, 0.5) is 5.69 Å². The van der Waals surface area contributed by atoms with Crippen LogP contribution in [0.15, 0.2) is 30.3 Å². The minimum Gasteiger partial charge on any atom is -0.371 e. The fourth-order valence-electron chi connectivity index (χ4n) is 3.58. The molecule has 21 heavy (non-hydrogen) atoms. The SMILES string of the molecule is CN1CCC(CNC2CCN(c3ccccc3)CC2)CC1. The maximum Gasteiger partial charge on any atom is 0.0366 e. The molecule has 1 aromatic rings. The number of likely N-dealkylation sites (tertiary alicyclic amines) is 1. The van der Waals surface area contributed by atoms with Crippen LogP contribution in [0.25, 0.3) is 0 Å². The molecule has 116 valence electrons. The Kier molecular flexibility index (Phi) is 5.15. The van der Waals surface area contributed by atoms with Crippen LogP contribution in [-0.2, 0) is 0 Å². The van der Waals surface area contributed by atoms with Crippen molar-refractivity contribution in [2.75, 3.05) is 44.7 Å². The molecule has 2 aliphatic heterocycles. The van der Waals surface area contributed by atoms with Gasteiger partial charge in [-0.15, -0.1) is 0 Å². The summed E-state index contributed by atoms with van der Waals surface area (Å²) in [7, 11) is 2.24. The summed E-state index contributed by atoms with van der Waals surface area (Å²) in [4.78, 5) is 4.97. The van der Waals surface area contributed by atoms with Crippen molar-refractivity contribution in [1.82, 2.24) is 10.2 Å². The van der Waals surface area contributed by atoms with Crippen LogP contribution in [-0.4, -0.2) is 50.7 Å². The summed E-state index contributed by atoms with van der Waals surface area (Å²) in [5, 5.41) is 3.83. The van der Waals surface area contributed by atoms with Crippen molar-refractivity contribution in [2.45, 2.75) is 31.7 Å². The van der Waals surface area contributed by atoms with E-state index in [1.807, 2.05) is 0 Å². The van der Waals surface area contributed by atoms with E-state index in [2.05, 4.69) is 52.5 Å². The zero-order valence-electron chi connectivity index (χ0n) is 13.3. The van der Waals surface area contributed by atoms with Crippen molar-refractivity contribution in [1.29, 1.82) is 0 Å². The molecule has 2 saturated heterocycles. The number of para-hydroxylation sites is 1. The fourth-order valence-corrected chi connectivity index (χ4v) is 3.58. The highest BCUT2D eigenvalue weighted by molar-refractivity contribution is 5.46. The minimum atomic E-state index is 0.726. The van der Waals surface area contributed by atoms with E-state index < -0.39 is 0 Å². The van der Waals surface area contributed by atoms with Gasteiger partial charge in [0.05, 0.1) is 0 Å². The van der Waals surface area contributed by atoms with Crippen LogP contribution in [0.3, 0.4) is 0 Å². The van der Waals surface area contributed by atoms with E-state index in [1.54, 1.807) is 0 Å². The predicted octanol–water partition coefficient (Wildman–Crippen LogP) is 2.59. The topological polar surface area (TPSA) is 18.5 Å². The molecule has 0 aromatic heterocycles. The standard InChI is InChI=1S/C18H29N3/c1-20-11-7-16(8-12-20)15-19-17-9-13-21(14-10-17)18-5-3-2-4-6-18/h2-6,16-17,19H,7-15H2,1H3. The zero-order valence-corrected chi connectivity index (χ0v) is 13.3. The Balaban J connectivity index is 1.38. The van der Waals surface area contributed by atoms with Crippen molar-refractivity contribution in [3.8, 4) is 0 Å². The molecular weight excluding hydrogens is 258 g/mol. The number of benzene rings is 1. The quantitative estimate of drug-likeness (QED) is 0.918. The van der Waals surface area contributed by atoms with Gasteiger partial charge in [-0.25, -0.2) is 0 Å². The molecule has 2 aliphatic rings. The monoisotopic (exact) mass is 287 g/mol. The fraction of sp³-hybridized carbons (Fsp3) is 0.667. The molecule has 0 saturated carbocycles. The molecule has 0 bridgehead atoms. The average Bonchev–Trinajstić information content (AvgIpc) is 2.56. The molecule has 3 rings (SSSR count). The lowest BCUT2D eigenvalue weighted by Gasteiger charge is -2.35. The van der Waals surface area contributed by atoms with Crippen molar-refractivity contribution in [2.24, 2.45) is 5.92 Å². The number of rotatable bonds is 4. The van der Waals surface area contributed by atoms with Crippen LogP contribution < -0.4 is 10.2 Å². The third-order valence-corrected chi connectivity index (χ3v) is 5.15. The summed E-state index contributed by atoms with van der Waals surface area (Å²) in [6, 6.07) is 11.6. The lowest BCUT2D eigenvalue weighted by molar-refractivity contribution is 0.210. The van der Waals surface area contributed by atoms with Gasteiger partial charge < -0.3 is 15.1 Å². The molecule has 3 heteroatoms. The number of nitrogens with one attached hydrogen (secondary N) is 1.